The van der Waals surface area contributed by atoms with Gasteiger partial charge in [-0.3, -0.25) is 9.59 Å². The molecule has 9 nitrogen and oxygen atoms in total. The van der Waals surface area contributed by atoms with E-state index >= 15 is 0 Å². The smallest absolute Gasteiger partial charge is 0.307 e. The van der Waals surface area contributed by atoms with Gasteiger partial charge in [-0.25, -0.2) is 10.9 Å². The number of hydrazone groups is 2. The summed E-state index contributed by atoms with van der Waals surface area (Å²) in [6, 6.07) is 17.3. The summed E-state index contributed by atoms with van der Waals surface area (Å²) in [6.45, 7) is 4.90. The molecule has 33 heavy (non-hydrogen) atoms. The second-order valence-corrected chi connectivity index (χ2v) is 6.57. The lowest BCUT2D eigenvalue weighted by Gasteiger charge is -2.03. The largest absolute Gasteiger partial charge is 0.494 e. The highest BCUT2D eigenvalue weighted by Crippen LogP contribution is 2.13. The number of benzene rings is 2. The molecule has 2 N–H and O–H groups in total. The molecule has 0 unspecified atom stereocenters. The zero-order valence-corrected chi connectivity index (χ0v) is 18.3. The Labute approximate surface area is 191 Å². The Morgan fingerprint density at radius 2 is 1.24 bits per heavy atom. The molecule has 0 atom stereocenters. The number of rotatable bonds is 10. The lowest BCUT2D eigenvalue weighted by atomic mass is 10.2. The van der Waals surface area contributed by atoms with Crippen LogP contribution in [0.1, 0.15) is 46.1 Å². The van der Waals surface area contributed by atoms with Gasteiger partial charge in [0.25, 0.3) is 0 Å². The Hall–Kier alpha value is -4.40. The molecule has 0 radical (unpaired) electrons. The Morgan fingerprint density at radius 3 is 1.67 bits per heavy atom. The molecule has 1 heterocycles. The van der Waals surface area contributed by atoms with E-state index in [9.17, 15) is 9.59 Å². The van der Waals surface area contributed by atoms with Crippen LogP contribution in [0, 0.1) is 0 Å². The minimum Gasteiger partial charge on any atom is -0.494 e. The van der Waals surface area contributed by atoms with Gasteiger partial charge in [0.2, 0.25) is 0 Å². The predicted molar refractivity (Wildman–Crippen MR) is 124 cm³/mol. The number of carbonyl (C=O) groups is 2. The molecule has 0 saturated carbocycles. The molecular weight excluding hydrogens is 424 g/mol. The van der Waals surface area contributed by atoms with Gasteiger partial charge in [-0.1, -0.05) is 24.3 Å². The lowest BCUT2D eigenvalue weighted by Crippen LogP contribution is -2.18. The van der Waals surface area contributed by atoms with E-state index in [-0.39, 0.29) is 11.5 Å². The molecule has 0 aliphatic heterocycles. The highest BCUT2D eigenvalue weighted by Gasteiger charge is 2.15. The Morgan fingerprint density at radius 1 is 0.788 bits per heavy atom. The molecule has 3 aromatic rings. The third-order valence-electron chi connectivity index (χ3n) is 4.15. The number of hydrogen-bond donors (Lipinski definition) is 2. The SMILES string of the molecule is CCOc1cccc(/C=N\NC(=O)c2ccc(C(=O)N/N=C\c3cccc(OCC)c3)o2)c1. The number of carbonyl (C=O) groups excluding carboxylic acids is 2. The minimum atomic E-state index is -0.595. The van der Waals surface area contributed by atoms with Gasteiger partial charge >= 0.3 is 11.8 Å². The summed E-state index contributed by atoms with van der Waals surface area (Å²) in [5, 5.41) is 7.80. The van der Waals surface area contributed by atoms with E-state index in [1.54, 1.807) is 12.1 Å². The molecular formula is C24H24N4O5. The number of amides is 2. The second kappa shape index (κ2) is 11.8. The zero-order valence-electron chi connectivity index (χ0n) is 18.3. The van der Waals surface area contributed by atoms with Crippen molar-refractivity contribution in [3.63, 3.8) is 0 Å². The van der Waals surface area contributed by atoms with Crippen molar-refractivity contribution in [1.82, 2.24) is 10.9 Å². The quantitative estimate of drug-likeness (QED) is 0.363. The first-order valence-corrected chi connectivity index (χ1v) is 10.3. The molecule has 3 rings (SSSR count). The Balaban J connectivity index is 1.53. The Bertz CT molecular complexity index is 1070. The topological polar surface area (TPSA) is 115 Å². The standard InChI is InChI=1S/C24H24N4O5/c1-3-31-19-9-5-7-17(13-19)15-25-27-23(29)21-11-12-22(33-21)24(30)28-26-16-18-8-6-10-20(14-18)32-4-2/h5-16H,3-4H2,1-2H3,(H,27,29)(H,28,30)/b25-15-,26-16-. The summed E-state index contributed by atoms with van der Waals surface area (Å²) in [5.41, 5.74) is 6.22. The third kappa shape index (κ3) is 7.06. The van der Waals surface area contributed by atoms with Crippen molar-refractivity contribution in [2.24, 2.45) is 10.2 Å². The van der Waals surface area contributed by atoms with Crippen molar-refractivity contribution in [1.29, 1.82) is 0 Å². The van der Waals surface area contributed by atoms with Gasteiger partial charge in [0, 0.05) is 0 Å². The molecule has 2 amide bonds. The monoisotopic (exact) mass is 448 g/mol. The molecule has 0 aliphatic carbocycles. The van der Waals surface area contributed by atoms with Crippen molar-refractivity contribution >= 4 is 24.2 Å². The van der Waals surface area contributed by atoms with Crippen LogP contribution in [0.2, 0.25) is 0 Å². The highest BCUT2D eigenvalue weighted by atomic mass is 16.5. The normalized spacial score (nSPS) is 11.0. The summed E-state index contributed by atoms with van der Waals surface area (Å²) in [4.78, 5) is 24.4. The van der Waals surface area contributed by atoms with E-state index in [2.05, 4.69) is 21.1 Å². The minimum absolute atomic E-state index is 0.0613. The maximum absolute atomic E-state index is 12.2. The average Bonchev–Trinajstić information content (AvgIpc) is 3.31. The van der Waals surface area contributed by atoms with E-state index in [4.69, 9.17) is 13.9 Å². The summed E-state index contributed by atoms with van der Waals surface area (Å²) in [5.74, 6) is 0.103. The van der Waals surface area contributed by atoms with Crippen molar-refractivity contribution in [3.8, 4) is 11.5 Å². The van der Waals surface area contributed by atoms with Crippen molar-refractivity contribution in [3.05, 3.63) is 83.3 Å². The molecule has 0 spiro atoms. The predicted octanol–water partition coefficient (Wildman–Crippen LogP) is 3.60. The van der Waals surface area contributed by atoms with Crippen LogP contribution in [0.25, 0.3) is 0 Å². The fraction of sp³-hybridized carbons (Fsp3) is 0.167. The first kappa shape index (κ1) is 23.3. The van der Waals surface area contributed by atoms with Gasteiger partial charge in [0.05, 0.1) is 25.6 Å². The maximum Gasteiger partial charge on any atom is 0.307 e. The molecule has 0 aliphatic rings. The van der Waals surface area contributed by atoms with Crippen LogP contribution in [0.15, 0.2) is 75.3 Å². The van der Waals surface area contributed by atoms with Crippen LogP contribution in [0.4, 0.5) is 0 Å². The number of nitrogens with zero attached hydrogens (tertiary/aromatic N) is 2. The number of hydrogen-bond acceptors (Lipinski definition) is 7. The van der Waals surface area contributed by atoms with Crippen molar-refractivity contribution in [2.45, 2.75) is 13.8 Å². The molecule has 0 saturated heterocycles. The molecule has 170 valence electrons. The van der Waals surface area contributed by atoms with Crippen LogP contribution < -0.4 is 20.3 Å². The summed E-state index contributed by atoms with van der Waals surface area (Å²) in [6.07, 6.45) is 2.96. The number of furan rings is 1. The maximum atomic E-state index is 12.2. The van der Waals surface area contributed by atoms with E-state index in [0.29, 0.717) is 24.7 Å². The van der Waals surface area contributed by atoms with E-state index in [0.717, 1.165) is 11.1 Å². The van der Waals surface area contributed by atoms with Gasteiger partial charge in [0.15, 0.2) is 11.5 Å². The van der Waals surface area contributed by atoms with Crippen LogP contribution in [0.5, 0.6) is 11.5 Å². The molecule has 0 fully saturated rings. The van der Waals surface area contributed by atoms with Crippen molar-refractivity contribution < 1.29 is 23.5 Å². The van der Waals surface area contributed by atoms with Gasteiger partial charge in [-0.05, 0) is 61.4 Å². The summed E-state index contributed by atoms with van der Waals surface area (Å²) < 4.78 is 16.1. The van der Waals surface area contributed by atoms with Crippen LogP contribution >= 0.6 is 0 Å². The number of nitrogens with one attached hydrogen (secondary N) is 2. The first-order valence-electron chi connectivity index (χ1n) is 10.3. The van der Waals surface area contributed by atoms with E-state index < -0.39 is 11.8 Å². The fourth-order valence-electron chi connectivity index (χ4n) is 2.73. The third-order valence-corrected chi connectivity index (χ3v) is 4.15. The molecule has 2 aromatic carbocycles. The summed E-state index contributed by atoms with van der Waals surface area (Å²) in [7, 11) is 0. The lowest BCUT2D eigenvalue weighted by molar-refractivity contribution is 0.0902. The highest BCUT2D eigenvalue weighted by molar-refractivity contribution is 5.96. The Kier molecular flexibility index (Phi) is 8.35. The van der Waals surface area contributed by atoms with Crippen LogP contribution in [-0.4, -0.2) is 37.5 Å². The second-order valence-electron chi connectivity index (χ2n) is 6.57. The molecule has 9 heteroatoms. The van der Waals surface area contributed by atoms with Crippen LogP contribution in [-0.2, 0) is 0 Å². The van der Waals surface area contributed by atoms with Gasteiger partial charge < -0.3 is 13.9 Å². The fourth-order valence-corrected chi connectivity index (χ4v) is 2.73. The van der Waals surface area contributed by atoms with Gasteiger partial charge in [-0.15, -0.1) is 0 Å². The van der Waals surface area contributed by atoms with Crippen LogP contribution in [0.3, 0.4) is 0 Å². The van der Waals surface area contributed by atoms with Gasteiger partial charge in [0.1, 0.15) is 11.5 Å². The number of ether oxygens (including phenoxy) is 2. The zero-order chi connectivity index (χ0) is 23.5. The van der Waals surface area contributed by atoms with E-state index in [1.807, 2.05) is 50.2 Å². The molecule has 0 bridgehead atoms. The average molecular weight is 448 g/mol. The summed E-state index contributed by atoms with van der Waals surface area (Å²) >= 11 is 0. The first-order chi connectivity index (χ1) is 16.1. The molecule has 1 aromatic heterocycles. The van der Waals surface area contributed by atoms with E-state index in [1.165, 1.54) is 24.6 Å². The van der Waals surface area contributed by atoms with Crippen molar-refractivity contribution in [2.75, 3.05) is 13.2 Å². The van der Waals surface area contributed by atoms with Gasteiger partial charge in [-0.2, -0.15) is 10.2 Å².